The normalized spacial score (nSPS) is 11.7. The standard InChI is InChI=1S/C43H29N7/c1-28-25-35(45-41(26-28)50-38-21-11-7-17-33(38)34-18-8-12-22-39(34)50)43-47-46-42(48(43)30-13-3-2-4-14-30)29-23-24-44-40(27-29)49-36-19-9-5-15-31(36)32-16-6-10-20-37(32)49/h2-27H,1H3. The molecule has 0 spiro atoms. The van der Waals surface area contributed by atoms with Crippen molar-refractivity contribution in [1.82, 2.24) is 33.9 Å². The van der Waals surface area contributed by atoms with Crippen molar-refractivity contribution in [2.75, 3.05) is 0 Å². The molecule has 0 saturated heterocycles. The van der Waals surface area contributed by atoms with Gasteiger partial charge in [0.15, 0.2) is 11.6 Å². The maximum absolute atomic E-state index is 5.29. The number of hydrogen-bond donors (Lipinski definition) is 0. The van der Waals surface area contributed by atoms with Gasteiger partial charge < -0.3 is 0 Å². The number of nitrogens with zero attached hydrogens (tertiary/aromatic N) is 7. The molecule has 5 heterocycles. The highest BCUT2D eigenvalue weighted by atomic mass is 15.3. The van der Waals surface area contributed by atoms with E-state index >= 15 is 0 Å². The molecule has 10 aromatic rings. The second-order valence-corrected chi connectivity index (χ2v) is 12.5. The van der Waals surface area contributed by atoms with Gasteiger partial charge in [-0.2, -0.15) is 0 Å². The van der Waals surface area contributed by atoms with Crippen molar-refractivity contribution >= 4 is 43.6 Å². The first kappa shape index (κ1) is 28.2. The maximum Gasteiger partial charge on any atom is 0.187 e. The average Bonchev–Trinajstić information content (AvgIpc) is 3.86. The molecule has 0 fully saturated rings. The molecule has 5 aromatic carbocycles. The minimum Gasteiger partial charge on any atom is -0.294 e. The van der Waals surface area contributed by atoms with Crippen LogP contribution in [0.25, 0.3) is 83.8 Å². The van der Waals surface area contributed by atoms with E-state index in [1.807, 2.05) is 30.5 Å². The largest absolute Gasteiger partial charge is 0.294 e. The number of rotatable bonds is 5. The molecule has 0 radical (unpaired) electrons. The van der Waals surface area contributed by atoms with Crippen molar-refractivity contribution < 1.29 is 0 Å². The molecule has 236 valence electrons. The summed E-state index contributed by atoms with van der Waals surface area (Å²) in [6, 6.07) is 52.5. The molecule has 7 nitrogen and oxygen atoms in total. The van der Waals surface area contributed by atoms with Crippen LogP contribution in [0.4, 0.5) is 0 Å². The third-order valence-corrected chi connectivity index (χ3v) is 9.48. The Kier molecular flexibility index (Phi) is 6.26. The van der Waals surface area contributed by atoms with Gasteiger partial charge in [-0.05, 0) is 73.2 Å². The topological polar surface area (TPSA) is 66.3 Å². The zero-order chi connectivity index (χ0) is 33.2. The molecule has 0 amide bonds. The highest BCUT2D eigenvalue weighted by Gasteiger charge is 2.22. The summed E-state index contributed by atoms with van der Waals surface area (Å²) in [4.78, 5) is 10.2. The molecule has 10 rings (SSSR count). The summed E-state index contributed by atoms with van der Waals surface area (Å²) >= 11 is 0. The molecule has 0 N–H and O–H groups in total. The predicted molar refractivity (Wildman–Crippen MR) is 201 cm³/mol. The third-order valence-electron chi connectivity index (χ3n) is 9.48. The van der Waals surface area contributed by atoms with Crippen LogP contribution in [0.5, 0.6) is 0 Å². The van der Waals surface area contributed by atoms with Crippen LogP contribution < -0.4 is 0 Å². The van der Waals surface area contributed by atoms with Gasteiger partial charge in [0, 0.05) is 39.0 Å². The number of hydrogen-bond acceptors (Lipinski definition) is 4. The number of benzene rings is 5. The molecule has 0 bridgehead atoms. The lowest BCUT2D eigenvalue weighted by Crippen LogP contribution is -2.05. The number of fused-ring (bicyclic) bond motifs is 6. The maximum atomic E-state index is 5.29. The van der Waals surface area contributed by atoms with Gasteiger partial charge in [-0.15, -0.1) is 10.2 Å². The lowest BCUT2D eigenvalue weighted by molar-refractivity contribution is 1.02. The van der Waals surface area contributed by atoms with Crippen LogP contribution in [0.3, 0.4) is 0 Å². The van der Waals surface area contributed by atoms with E-state index in [9.17, 15) is 0 Å². The summed E-state index contributed by atoms with van der Waals surface area (Å²) in [5, 5.41) is 14.4. The summed E-state index contributed by atoms with van der Waals surface area (Å²) in [7, 11) is 0. The van der Waals surface area contributed by atoms with E-state index in [2.05, 4.69) is 148 Å². The molecule has 0 aliphatic carbocycles. The molecular weight excluding hydrogens is 615 g/mol. The SMILES string of the molecule is Cc1cc(-c2nnc(-c3ccnc(-n4c5ccccc5c5ccccc54)c3)n2-c2ccccc2)nc(-n2c3ccccc3c3ccccc32)c1. The average molecular weight is 644 g/mol. The smallest absolute Gasteiger partial charge is 0.187 e. The molecular formula is C43H29N7. The van der Waals surface area contributed by atoms with E-state index in [0.29, 0.717) is 11.6 Å². The Bertz CT molecular complexity index is 2790. The minimum atomic E-state index is 0.659. The van der Waals surface area contributed by atoms with Gasteiger partial charge in [-0.1, -0.05) is 91.0 Å². The first-order chi connectivity index (χ1) is 24.7. The second-order valence-electron chi connectivity index (χ2n) is 12.5. The highest BCUT2D eigenvalue weighted by molar-refractivity contribution is 6.10. The first-order valence-corrected chi connectivity index (χ1v) is 16.7. The van der Waals surface area contributed by atoms with Crippen LogP contribution in [-0.4, -0.2) is 33.9 Å². The van der Waals surface area contributed by atoms with E-state index in [4.69, 9.17) is 20.2 Å². The van der Waals surface area contributed by atoms with Gasteiger partial charge in [-0.25, -0.2) is 9.97 Å². The summed E-state index contributed by atoms with van der Waals surface area (Å²) in [5.74, 6) is 3.01. The number of pyridine rings is 2. The minimum absolute atomic E-state index is 0.659. The molecule has 0 atom stereocenters. The van der Waals surface area contributed by atoms with E-state index in [1.54, 1.807) is 0 Å². The lowest BCUT2D eigenvalue weighted by atomic mass is 10.2. The van der Waals surface area contributed by atoms with Crippen LogP contribution >= 0.6 is 0 Å². The molecule has 5 aromatic heterocycles. The number of aryl methyl sites for hydroxylation is 1. The van der Waals surface area contributed by atoms with E-state index in [1.165, 1.54) is 21.5 Å². The van der Waals surface area contributed by atoms with E-state index in [0.717, 1.165) is 56.2 Å². The van der Waals surface area contributed by atoms with E-state index < -0.39 is 0 Å². The molecule has 50 heavy (non-hydrogen) atoms. The van der Waals surface area contributed by atoms with Crippen LogP contribution in [0, 0.1) is 6.92 Å². The van der Waals surface area contributed by atoms with Gasteiger partial charge in [0.2, 0.25) is 0 Å². The Balaban J connectivity index is 1.18. The molecule has 0 saturated carbocycles. The third kappa shape index (κ3) is 4.30. The zero-order valence-corrected chi connectivity index (χ0v) is 27.1. The Morgan fingerprint density at radius 3 is 1.52 bits per heavy atom. The van der Waals surface area contributed by atoms with Gasteiger partial charge in [0.05, 0.1) is 22.1 Å². The fourth-order valence-corrected chi connectivity index (χ4v) is 7.36. The van der Waals surface area contributed by atoms with Crippen molar-refractivity contribution in [3.63, 3.8) is 0 Å². The second kappa shape index (κ2) is 11.1. The molecule has 0 unspecified atom stereocenters. The van der Waals surface area contributed by atoms with Gasteiger partial charge >= 0.3 is 0 Å². The lowest BCUT2D eigenvalue weighted by Gasteiger charge is -2.14. The first-order valence-electron chi connectivity index (χ1n) is 16.7. The highest BCUT2D eigenvalue weighted by Crippen LogP contribution is 2.35. The van der Waals surface area contributed by atoms with Crippen LogP contribution in [0.2, 0.25) is 0 Å². The quantitative estimate of drug-likeness (QED) is 0.187. The van der Waals surface area contributed by atoms with Gasteiger partial charge in [-0.3, -0.25) is 13.7 Å². The summed E-state index contributed by atoms with van der Waals surface area (Å²) in [6.07, 6.45) is 1.85. The van der Waals surface area contributed by atoms with Crippen molar-refractivity contribution in [2.45, 2.75) is 6.92 Å². The van der Waals surface area contributed by atoms with E-state index in [-0.39, 0.29) is 0 Å². The van der Waals surface area contributed by atoms with Crippen molar-refractivity contribution in [2.24, 2.45) is 0 Å². The molecule has 0 aliphatic rings. The number of aromatic nitrogens is 7. The zero-order valence-electron chi connectivity index (χ0n) is 27.1. The fourth-order valence-electron chi connectivity index (χ4n) is 7.36. The van der Waals surface area contributed by atoms with Crippen molar-refractivity contribution in [1.29, 1.82) is 0 Å². The number of para-hydroxylation sites is 5. The Hall–Kier alpha value is -6.86. The summed E-state index contributed by atoms with van der Waals surface area (Å²) in [6.45, 7) is 2.10. The van der Waals surface area contributed by atoms with Gasteiger partial charge in [0.25, 0.3) is 0 Å². The van der Waals surface area contributed by atoms with Crippen molar-refractivity contribution in [3.05, 3.63) is 163 Å². The van der Waals surface area contributed by atoms with Gasteiger partial charge in [0.1, 0.15) is 17.3 Å². The predicted octanol–water partition coefficient (Wildman–Crippen LogP) is 9.89. The Morgan fingerprint density at radius 2 is 0.940 bits per heavy atom. The Labute approximate surface area is 287 Å². The Morgan fingerprint density at radius 1 is 0.440 bits per heavy atom. The monoisotopic (exact) mass is 643 g/mol. The fraction of sp³-hybridized carbons (Fsp3) is 0.0233. The molecule has 0 aliphatic heterocycles. The van der Waals surface area contributed by atoms with Crippen molar-refractivity contribution in [3.8, 4) is 40.2 Å². The van der Waals surface area contributed by atoms with Crippen LogP contribution in [-0.2, 0) is 0 Å². The summed E-state index contributed by atoms with van der Waals surface area (Å²) in [5.41, 5.74) is 8.08. The van der Waals surface area contributed by atoms with Crippen LogP contribution in [0.1, 0.15) is 5.56 Å². The van der Waals surface area contributed by atoms with Crippen LogP contribution in [0.15, 0.2) is 158 Å². The molecule has 7 heteroatoms. The summed E-state index contributed by atoms with van der Waals surface area (Å²) < 4.78 is 6.56.